The van der Waals surface area contributed by atoms with Gasteiger partial charge in [0.25, 0.3) is 0 Å². The number of para-hydroxylation sites is 2. The summed E-state index contributed by atoms with van der Waals surface area (Å²) in [5.41, 5.74) is 1.25. The van der Waals surface area contributed by atoms with Gasteiger partial charge in [-0.1, -0.05) is 12.1 Å². The molecule has 1 aliphatic carbocycles. The van der Waals surface area contributed by atoms with Crippen molar-refractivity contribution in [2.75, 3.05) is 37.7 Å². The standard InChI is InChI=1S/C15H22N2O/c1-2-5-15-14(4-1)17(9-3-11-18-15)10-8-16-12-13-6-7-13/h1-2,4-5,13,16H,3,6-12H2. The summed E-state index contributed by atoms with van der Waals surface area (Å²) in [7, 11) is 0. The summed E-state index contributed by atoms with van der Waals surface area (Å²) in [4.78, 5) is 2.45. The Labute approximate surface area is 109 Å². The van der Waals surface area contributed by atoms with Crippen molar-refractivity contribution in [3.63, 3.8) is 0 Å². The van der Waals surface area contributed by atoms with Gasteiger partial charge in [0.2, 0.25) is 0 Å². The lowest BCUT2D eigenvalue weighted by atomic mass is 10.2. The first-order chi connectivity index (χ1) is 8.93. The van der Waals surface area contributed by atoms with E-state index in [0.29, 0.717) is 0 Å². The molecule has 18 heavy (non-hydrogen) atoms. The van der Waals surface area contributed by atoms with Crippen LogP contribution in [0, 0.1) is 5.92 Å². The van der Waals surface area contributed by atoms with Gasteiger partial charge in [0, 0.05) is 19.6 Å². The molecule has 0 atom stereocenters. The van der Waals surface area contributed by atoms with Gasteiger partial charge in [0.1, 0.15) is 5.75 Å². The zero-order chi connectivity index (χ0) is 12.2. The van der Waals surface area contributed by atoms with Gasteiger partial charge in [0.15, 0.2) is 0 Å². The van der Waals surface area contributed by atoms with Gasteiger partial charge in [-0.25, -0.2) is 0 Å². The van der Waals surface area contributed by atoms with Crippen LogP contribution in [0.1, 0.15) is 19.3 Å². The van der Waals surface area contributed by atoms with Gasteiger partial charge in [0.05, 0.1) is 12.3 Å². The quantitative estimate of drug-likeness (QED) is 0.807. The summed E-state index contributed by atoms with van der Waals surface area (Å²) in [6.45, 7) is 5.29. The molecule has 1 saturated carbocycles. The SMILES string of the molecule is c1ccc2c(c1)OCCCN2CCNCC1CC1. The second kappa shape index (κ2) is 5.61. The van der Waals surface area contributed by atoms with Crippen LogP contribution < -0.4 is 15.0 Å². The maximum atomic E-state index is 5.77. The number of anilines is 1. The third-order valence-electron chi connectivity index (χ3n) is 3.72. The molecule has 0 bridgehead atoms. The van der Waals surface area contributed by atoms with E-state index in [1.807, 2.05) is 6.07 Å². The largest absolute Gasteiger partial charge is 0.491 e. The predicted molar refractivity (Wildman–Crippen MR) is 74.4 cm³/mol. The fourth-order valence-corrected chi connectivity index (χ4v) is 2.47. The van der Waals surface area contributed by atoms with E-state index in [2.05, 4.69) is 28.4 Å². The van der Waals surface area contributed by atoms with Crippen LogP contribution in [0.3, 0.4) is 0 Å². The van der Waals surface area contributed by atoms with Gasteiger partial charge in [-0.05, 0) is 43.9 Å². The topological polar surface area (TPSA) is 24.5 Å². The number of fused-ring (bicyclic) bond motifs is 1. The van der Waals surface area contributed by atoms with E-state index in [1.54, 1.807) is 0 Å². The first-order valence-corrected chi connectivity index (χ1v) is 7.11. The summed E-state index contributed by atoms with van der Waals surface area (Å²) < 4.78 is 5.77. The molecule has 0 radical (unpaired) electrons. The van der Waals surface area contributed by atoms with Crippen LogP contribution in [0.4, 0.5) is 5.69 Å². The highest BCUT2D eigenvalue weighted by Crippen LogP contribution is 2.30. The van der Waals surface area contributed by atoms with E-state index in [0.717, 1.165) is 44.3 Å². The third kappa shape index (κ3) is 2.96. The van der Waals surface area contributed by atoms with E-state index in [4.69, 9.17) is 4.74 Å². The molecule has 1 fully saturated rings. The molecule has 1 aromatic carbocycles. The zero-order valence-corrected chi connectivity index (χ0v) is 10.9. The van der Waals surface area contributed by atoms with Crippen molar-refractivity contribution in [2.45, 2.75) is 19.3 Å². The third-order valence-corrected chi connectivity index (χ3v) is 3.72. The monoisotopic (exact) mass is 246 g/mol. The average Bonchev–Trinajstić information content (AvgIpc) is 3.22. The molecule has 3 rings (SSSR count). The highest BCUT2D eigenvalue weighted by atomic mass is 16.5. The van der Waals surface area contributed by atoms with E-state index >= 15 is 0 Å². The molecule has 0 unspecified atom stereocenters. The predicted octanol–water partition coefficient (Wildman–Crippen LogP) is 2.28. The van der Waals surface area contributed by atoms with E-state index in [-0.39, 0.29) is 0 Å². The minimum Gasteiger partial charge on any atom is -0.491 e. The molecule has 1 N–H and O–H groups in total. The second-order valence-corrected chi connectivity index (χ2v) is 5.30. The van der Waals surface area contributed by atoms with Crippen LogP contribution in [-0.4, -0.2) is 32.8 Å². The molecule has 0 saturated heterocycles. The van der Waals surface area contributed by atoms with Crippen molar-refractivity contribution in [1.82, 2.24) is 5.32 Å². The number of benzene rings is 1. The molecule has 0 amide bonds. The minimum atomic E-state index is 0.836. The van der Waals surface area contributed by atoms with Gasteiger partial charge in [-0.2, -0.15) is 0 Å². The van der Waals surface area contributed by atoms with Crippen molar-refractivity contribution in [3.05, 3.63) is 24.3 Å². The van der Waals surface area contributed by atoms with Crippen LogP contribution in [0.2, 0.25) is 0 Å². The Kier molecular flexibility index (Phi) is 3.69. The lowest BCUT2D eigenvalue weighted by Gasteiger charge is -2.23. The minimum absolute atomic E-state index is 0.836. The van der Waals surface area contributed by atoms with Crippen LogP contribution in [0.15, 0.2) is 24.3 Å². The Morgan fingerprint density at radius 1 is 1.28 bits per heavy atom. The molecule has 3 nitrogen and oxygen atoms in total. The molecule has 3 heteroatoms. The Morgan fingerprint density at radius 2 is 2.17 bits per heavy atom. The van der Waals surface area contributed by atoms with Gasteiger partial charge < -0.3 is 15.0 Å². The Morgan fingerprint density at radius 3 is 3.06 bits per heavy atom. The number of nitrogens with zero attached hydrogens (tertiary/aromatic N) is 1. The summed E-state index contributed by atoms with van der Waals surface area (Å²) in [6, 6.07) is 8.39. The highest BCUT2D eigenvalue weighted by Gasteiger charge is 2.20. The Hall–Kier alpha value is -1.22. The van der Waals surface area contributed by atoms with Gasteiger partial charge >= 0.3 is 0 Å². The molecule has 1 aliphatic heterocycles. The van der Waals surface area contributed by atoms with Crippen LogP contribution >= 0.6 is 0 Å². The molecule has 0 spiro atoms. The normalized spacial score (nSPS) is 19.0. The van der Waals surface area contributed by atoms with E-state index in [9.17, 15) is 0 Å². The van der Waals surface area contributed by atoms with E-state index in [1.165, 1.54) is 25.1 Å². The van der Waals surface area contributed by atoms with Crippen LogP contribution in [0.5, 0.6) is 5.75 Å². The second-order valence-electron chi connectivity index (χ2n) is 5.30. The number of rotatable bonds is 5. The fourth-order valence-electron chi connectivity index (χ4n) is 2.47. The lowest BCUT2D eigenvalue weighted by molar-refractivity contribution is 0.322. The molecular weight excluding hydrogens is 224 g/mol. The number of hydrogen-bond acceptors (Lipinski definition) is 3. The summed E-state index contributed by atoms with van der Waals surface area (Å²) in [6.07, 6.45) is 3.96. The van der Waals surface area contributed by atoms with Crippen LogP contribution in [-0.2, 0) is 0 Å². The average molecular weight is 246 g/mol. The molecular formula is C15H22N2O. The highest BCUT2D eigenvalue weighted by molar-refractivity contribution is 5.58. The maximum Gasteiger partial charge on any atom is 0.142 e. The zero-order valence-electron chi connectivity index (χ0n) is 10.9. The molecule has 98 valence electrons. The lowest BCUT2D eigenvalue weighted by Crippen LogP contribution is -2.33. The molecule has 1 heterocycles. The number of nitrogens with one attached hydrogen (secondary N) is 1. The first-order valence-electron chi connectivity index (χ1n) is 7.11. The van der Waals surface area contributed by atoms with Crippen LogP contribution in [0.25, 0.3) is 0 Å². The Balaban J connectivity index is 1.56. The van der Waals surface area contributed by atoms with Crippen molar-refractivity contribution in [2.24, 2.45) is 5.92 Å². The first kappa shape index (κ1) is 11.8. The smallest absolute Gasteiger partial charge is 0.142 e. The summed E-state index contributed by atoms with van der Waals surface area (Å²) in [5.74, 6) is 2.00. The summed E-state index contributed by atoms with van der Waals surface area (Å²) in [5, 5.41) is 3.56. The molecule has 1 aromatic rings. The number of hydrogen-bond donors (Lipinski definition) is 1. The van der Waals surface area contributed by atoms with Crippen molar-refractivity contribution in [3.8, 4) is 5.75 Å². The van der Waals surface area contributed by atoms with Crippen molar-refractivity contribution < 1.29 is 4.74 Å². The van der Waals surface area contributed by atoms with Gasteiger partial charge in [-0.15, -0.1) is 0 Å². The Bertz CT molecular complexity index is 390. The van der Waals surface area contributed by atoms with Crippen molar-refractivity contribution >= 4 is 5.69 Å². The summed E-state index contributed by atoms with van der Waals surface area (Å²) >= 11 is 0. The molecule has 0 aromatic heterocycles. The number of ether oxygens (including phenoxy) is 1. The van der Waals surface area contributed by atoms with Crippen molar-refractivity contribution in [1.29, 1.82) is 0 Å². The van der Waals surface area contributed by atoms with Gasteiger partial charge in [-0.3, -0.25) is 0 Å². The van der Waals surface area contributed by atoms with E-state index < -0.39 is 0 Å². The fraction of sp³-hybridized carbons (Fsp3) is 0.600. The maximum absolute atomic E-state index is 5.77. The molecule has 2 aliphatic rings.